The molecule has 0 aliphatic carbocycles. The van der Waals surface area contributed by atoms with Gasteiger partial charge in [-0.3, -0.25) is 9.63 Å². The van der Waals surface area contributed by atoms with Crippen LogP contribution in [0.25, 0.3) is 0 Å². The van der Waals surface area contributed by atoms with E-state index in [1.54, 1.807) is 13.8 Å². The largest absolute Gasteiger partial charge is 0.382 e. The van der Waals surface area contributed by atoms with Crippen molar-refractivity contribution in [3.63, 3.8) is 0 Å². The summed E-state index contributed by atoms with van der Waals surface area (Å²) in [4.78, 5) is 16.2. The number of carbonyl (C=O) groups is 1. The Hall–Kier alpha value is -1.12. The van der Waals surface area contributed by atoms with Gasteiger partial charge in [0.1, 0.15) is 5.41 Å². The number of hydrogen-bond acceptors (Lipinski definition) is 4. The van der Waals surface area contributed by atoms with Crippen LogP contribution in [0, 0.1) is 16.7 Å². The van der Waals surface area contributed by atoms with E-state index in [0.29, 0.717) is 13.0 Å². The second kappa shape index (κ2) is 6.35. The lowest BCUT2D eigenvalue weighted by atomic mass is 9.89. The van der Waals surface area contributed by atoms with E-state index in [4.69, 9.17) is 14.8 Å². The van der Waals surface area contributed by atoms with E-state index in [0.717, 1.165) is 0 Å². The molecule has 14 heavy (non-hydrogen) atoms. The summed E-state index contributed by atoms with van der Waals surface area (Å²) in [6.45, 7) is 4.02. The first-order valence-electron chi connectivity index (χ1n) is 4.43. The molecule has 0 aromatic rings. The summed E-state index contributed by atoms with van der Waals surface area (Å²) in [6.07, 6.45) is 0.447. The average Bonchev–Trinajstić information content (AvgIpc) is 2.22. The molecule has 0 fully saturated rings. The fraction of sp³-hybridized carbons (Fsp3) is 0.778. The number of carbonyl (C=O) groups excluding carboxylic acids is 1. The van der Waals surface area contributed by atoms with Gasteiger partial charge in [-0.1, -0.05) is 6.92 Å². The van der Waals surface area contributed by atoms with Gasteiger partial charge in [0.2, 0.25) is 0 Å². The van der Waals surface area contributed by atoms with Gasteiger partial charge in [0.25, 0.3) is 5.91 Å². The lowest BCUT2D eigenvalue weighted by Crippen LogP contribution is -2.38. The minimum Gasteiger partial charge on any atom is -0.382 e. The van der Waals surface area contributed by atoms with Gasteiger partial charge in [-0.2, -0.15) is 5.26 Å². The van der Waals surface area contributed by atoms with Crippen molar-refractivity contribution in [2.45, 2.75) is 20.3 Å². The fourth-order valence-electron chi connectivity index (χ4n) is 0.645. The molecule has 80 valence electrons. The van der Waals surface area contributed by atoms with Gasteiger partial charge < -0.3 is 4.74 Å². The van der Waals surface area contributed by atoms with Crippen LogP contribution in [-0.2, 0) is 14.4 Å². The summed E-state index contributed by atoms with van der Waals surface area (Å²) in [5.41, 5.74) is 1.20. The molecular weight excluding hydrogens is 184 g/mol. The monoisotopic (exact) mass is 200 g/mol. The zero-order chi connectivity index (χ0) is 11.0. The van der Waals surface area contributed by atoms with Crippen molar-refractivity contribution >= 4 is 5.91 Å². The van der Waals surface area contributed by atoms with Crippen molar-refractivity contribution in [1.82, 2.24) is 5.48 Å². The Balaban J connectivity index is 3.90. The summed E-state index contributed by atoms with van der Waals surface area (Å²) in [7, 11) is 1.54. The van der Waals surface area contributed by atoms with Crippen LogP contribution in [0.3, 0.4) is 0 Å². The number of nitriles is 1. The molecule has 0 heterocycles. The topological polar surface area (TPSA) is 71.4 Å². The van der Waals surface area contributed by atoms with Gasteiger partial charge in [0.15, 0.2) is 0 Å². The number of hydrogen-bond donors (Lipinski definition) is 1. The number of rotatable bonds is 6. The van der Waals surface area contributed by atoms with Crippen LogP contribution >= 0.6 is 0 Å². The van der Waals surface area contributed by atoms with Gasteiger partial charge in [-0.05, 0) is 13.3 Å². The van der Waals surface area contributed by atoms with Crippen molar-refractivity contribution in [1.29, 1.82) is 5.26 Å². The van der Waals surface area contributed by atoms with Crippen molar-refractivity contribution in [2.75, 3.05) is 20.3 Å². The van der Waals surface area contributed by atoms with Crippen LogP contribution < -0.4 is 5.48 Å². The Bertz CT molecular complexity index is 225. The summed E-state index contributed by atoms with van der Waals surface area (Å²) in [5.74, 6) is -0.418. The Morgan fingerprint density at radius 3 is 2.64 bits per heavy atom. The van der Waals surface area contributed by atoms with E-state index >= 15 is 0 Å². The Labute approximate surface area is 83.9 Å². The number of methoxy groups -OCH3 is 1. The maximum Gasteiger partial charge on any atom is 0.263 e. The van der Waals surface area contributed by atoms with Crippen LogP contribution in [-0.4, -0.2) is 26.2 Å². The molecule has 0 aliphatic rings. The highest BCUT2D eigenvalue weighted by Crippen LogP contribution is 2.19. The highest BCUT2D eigenvalue weighted by Gasteiger charge is 2.31. The van der Waals surface area contributed by atoms with Crippen LogP contribution in [0.1, 0.15) is 20.3 Å². The van der Waals surface area contributed by atoms with Gasteiger partial charge in [0.05, 0.1) is 19.3 Å². The second-order valence-corrected chi connectivity index (χ2v) is 3.07. The molecule has 0 bridgehead atoms. The van der Waals surface area contributed by atoms with Crippen LogP contribution in [0.2, 0.25) is 0 Å². The molecule has 0 radical (unpaired) electrons. The molecule has 5 nitrogen and oxygen atoms in total. The zero-order valence-electron chi connectivity index (χ0n) is 8.79. The smallest absolute Gasteiger partial charge is 0.263 e. The minimum absolute atomic E-state index is 0.271. The molecule has 1 amide bonds. The fourth-order valence-corrected chi connectivity index (χ4v) is 0.645. The molecule has 0 aliphatic heterocycles. The lowest BCUT2D eigenvalue weighted by Gasteiger charge is -2.17. The quantitative estimate of drug-likeness (QED) is 0.504. The van der Waals surface area contributed by atoms with Crippen LogP contribution in [0.15, 0.2) is 0 Å². The summed E-state index contributed by atoms with van der Waals surface area (Å²) in [6, 6.07) is 1.95. The highest BCUT2D eigenvalue weighted by molar-refractivity contribution is 5.83. The molecule has 0 saturated carbocycles. The highest BCUT2D eigenvalue weighted by atomic mass is 16.7. The number of nitrogens with zero attached hydrogens (tertiary/aromatic N) is 1. The number of hydroxylamine groups is 1. The molecule has 0 aromatic carbocycles. The number of nitrogens with one attached hydrogen (secondary N) is 1. The first-order valence-corrected chi connectivity index (χ1v) is 4.43. The van der Waals surface area contributed by atoms with E-state index in [1.165, 1.54) is 7.11 Å². The van der Waals surface area contributed by atoms with Crippen molar-refractivity contribution in [3.8, 4) is 6.07 Å². The van der Waals surface area contributed by atoms with Crippen molar-refractivity contribution < 1.29 is 14.4 Å². The van der Waals surface area contributed by atoms with E-state index < -0.39 is 11.3 Å². The van der Waals surface area contributed by atoms with E-state index in [-0.39, 0.29) is 6.61 Å². The molecule has 0 spiro atoms. The van der Waals surface area contributed by atoms with Gasteiger partial charge in [0, 0.05) is 7.11 Å². The summed E-state index contributed by atoms with van der Waals surface area (Å²) < 4.78 is 4.72. The SMILES string of the molecule is CCC(C)(C#N)C(=O)NOCCOC. The van der Waals surface area contributed by atoms with E-state index in [1.807, 2.05) is 6.07 Å². The average molecular weight is 200 g/mol. The number of ether oxygens (including phenoxy) is 1. The second-order valence-electron chi connectivity index (χ2n) is 3.07. The number of amides is 1. The maximum atomic E-state index is 11.4. The van der Waals surface area contributed by atoms with Crippen LogP contribution in [0.5, 0.6) is 0 Å². The zero-order valence-corrected chi connectivity index (χ0v) is 8.79. The van der Waals surface area contributed by atoms with Crippen molar-refractivity contribution in [2.24, 2.45) is 5.41 Å². The molecule has 1 N–H and O–H groups in total. The maximum absolute atomic E-state index is 11.4. The Morgan fingerprint density at radius 1 is 1.57 bits per heavy atom. The molecule has 1 atom stereocenters. The van der Waals surface area contributed by atoms with E-state index in [2.05, 4.69) is 5.48 Å². The normalized spacial score (nSPS) is 14.1. The molecule has 0 aromatic heterocycles. The third-order valence-corrected chi connectivity index (χ3v) is 2.01. The predicted molar refractivity (Wildman–Crippen MR) is 50.0 cm³/mol. The Morgan fingerprint density at radius 2 is 2.21 bits per heavy atom. The Kier molecular flexibility index (Phi) is 5.84. The summed E-state index contributed by atoms with van der Waals surface area (Å²) >= 11 is 0. The third-order valence-electron chi connectivity index (χ3n) is 2.01. The van der Waals surface area contributed by atoms with Gasteiger partial charge in [-0.15, -0.1) is 0 Å². The molecule has 0 rings (SSSR count). The first kappa shape index (κ1) is 12.9. The lowest BCUT2D eigenvalue weighted by molar-refractivity contribution is -0.141. The van der Waals surface area contributed by atoms with Crippen molar-refractivity contribution in [3.05, 3.63) is 0 Å². The molecule has 1 unspecified atom stereocenters. The molecular formula is C9H16N2O3. The molecule has 0 saturated heterocycles. The molecule has 5 heteroatoms. The predicted octanol–water partition coefficient (Wildman–Crippen LogP) is 0.620. The standard InChI is InChI=1S/C9H16N2O3/c1-4-9(2,7-10)8(12)11-14-6-5-13-3/h4-6H2,1-3H3,(H,11,12). The minimum atomic E-state index is -1.02. The van der Waals surface area contributed by atoms with Gasteiger partial charge in [-0.25, -0.2) is 5.48 Å². The first-order chi connectivity index (χ1) is 6.60. The van der Waals surface area contributed by atoms with Gasteiger partial charge >= 0.3 is 0 Å². The van der Waals surface area contributed by atoms with E-state index in [9.17, 15) is 4.79 Å². The summed E-state index contributed by atoms with van der Waals surface area (Å²) in [5, 5.41) is 8.77. The third kappa shape index (κ3) is 3.73. The van der Waals surface area contributed by atoms with Crippen LogP contribution in [0.4, 0.5) is 0 Å².